The van der Waals surface area contributed by atoms with Crippen molar-refractivity contribution in [2.75, 3.05) is 6.61 Å². The zero-order chi connectivity index (χ0) is 12.8. The molecule has 0 heterocycles. The Kier molecular flexibility index (Phi) is 4.74. The van der Waals surface area contributed by atoms with Crippen molar-refractivity contribution in [2.45, 2.75) is 19.4 Å². The number of aromatic hydroxyl groups is 2. The number of hydroxylamine groups is 1. The molecule has 6 heteroatoms. The zero-order valence-electron chi connectivity index (χ0n) is 9.51. The van der Waals surface area contributed by atoms with E-state index < -0.39 is 11.9 Å². The molecule has 0 saturated heterocycles. The molecule has 6 nitrogen and oxygen atoms in total. The van der Waals surface area contributed by atoms with Gasteiger partial charge in [-0.1, -0.05) is 6.07 Å². The highest BCUT2D eigenvalue weighted by Crippen LogP contribution is 2.25. The molecule has 0 fully saturated rings. The fourth-order valence-corrected chi connectivity index (χ4v) is 1.26. The molecule has 0 aliphatic heterocycles. The van der Waals surface area contributed by atoms with Crippen molar-refractivity contribution in [3.05, 3.63) is 23.8 Å². The van der Waals surface area contributed by atoms with Gasteiger partial charge in [0.1, 0.15) is 0 Å². The summed E-state index contributed by atoms with van der Waals surface area (Å²) in [6, 6.07) is 3.52. The number of amides is 1. The first-order chi connectivity index (χ1) is 8.04. The summed E-state index contributed by atoms with van der Waals surface area (Å²) >= 11 is 0. The SMILES string of the molecule is CCONC(=O)[C@@H](N)Cc1ccc(O)c(O)c1. The van der Waals surface area contributed by atoms with Crippen LogP contribution in [0.2, 0.25) is 0 Å². The average Bonchev–Trinajstić information content (AvgIpc) is 2.30. The molecule has 94 valence electrons. The summed E-state index contributed by atoms with van der Waals surface area (Å²) in [5.41, 5.74) is 8.50. The van der Waals surface area contributed by atoms with Gasteiger partial charge in [0.05, 0.1) is 12.6 Å². The fraction of sp³-hybridized carbons (Fsp3) is 0.364. The molecule has 1 aromatic rings. The first-order valence-corrected chi connectivity index (χ1v) is 5.22. The summed E-state index contributed by atoms with van der Waals surface area (Å²) in [6.07, 6.45) is 0.243. The van der Waals surface area contributed by atoms with Crippen LogP contribution < -0.4 is 11.2 Å². The average molecular weight is 240 g/mol. The molecule has 1 amide bonds. The van der Waals surface area contributed by atoms with Gasteiger partial charge < -0.3 is 15.9 Å². The van der Waals surface area contributed by atoms with Crippen molar-refractivity contribution in [3.8, 4) is 11.5 Å². The molecule has 1 aromatic carbocycles. The van der Waals surface area contributed by atoms with Crippen LogP contribution in [0.5, 0.6) is 11.5 Å². The lowest BCUT2D eigenvalue weighted by atomic mass is 10.1. The van der Waals surface area contributed by atoms with Gasteiger partial charge in [-0.05, 0) is 31.0 Å². The molecule has 0 spiro atoms. The van der Waals surface area contributed by atoms with Crippen LogP contribution in [0.4, 0.5) is 0 Å². The number of carbonyl (C=O) groups is 1. The molecule has 0 radical (unpaired) electrons. The largest absolute Gasteiger partial charge is 0.504 e. The lowest BCUT2D eigenvalue weighted by Crippen LogP contribution is -2.41. The van der Waals surface area contributed by atoms with Gasteiger partial charge in [0.25, 0.3) is 5.91 Å². The highest BCUT2D eigenvalue weighted by molar-refractivity contribution is 5.80. The number of benzene rings is 1. The van der Waals surface area contributed by atoms with Crippen LogP contribution in [0.25, 0.3) is 0 Å². The summed E-state index contributed by atoms with van der Waals surface area (Å²) < 4.78 is 0. The van der Waals surface area contributed by atoms with Crippen LogP contribution >= 0.6 is 0 Å². The Balaban J connectivity index is 2.58. The summed E-state index contributed by atoms with van der Waals surface area (Å²) in [6.45, 7) is 2.10. The van der Waals surface area contributed by atoms with Crippen molar-refractivity contribution in [2.24, 2.45) is 5.73 Å². The third-order valence-corrected chi connectivity index (χ3v) is 2.15. The van der Waals surface area contributed by atoms with Crippen LogP contribution in [0.1, 0.15) is 12.5 Å². The highest BCUT2D eigenvalue weighted by atomic mass is 16.6. The van der Waals surface area contributed by atoms with Crippen molar-refractivity contribution >= 4 is 5.91 Å². The lowest BCUT2D eigenvalue weighted by molar-refractivity contribution is -0.134. The topological polar surface area (TPSA) is 105 Å². The number of phenols is 2. The third-order valence-electron chi connectivity index (χ3n) is 2.15. The molecule has 0 aliphatic carbocycles. The van der Waals surface area contributed by atoms with E-state index in [-0.39, 0.29) is 17.9 Å². The standard InChI is InChI=1S/C11H16N2O4/c1-2-17-13-11(16)8(12)5-7-3-4-9(14)10(15)6-7/h3-4,6,8,14-15H,2,5,12H2,1H3,(H,13,16)/t8-/m0/s1. The number of nitrogens with two attached hydrogens (primary N) is 1. The van der Waals surface area contributed by atoms with Crippen molar-refractivity contribution in [1.82, 2.24) is 5.48 Å². The Morgan fingerprint density at radius 2 is 2.18 bits per heavy atom. The van der Waals surface area contributed by atoms with E-state index in [1.807, 2.05) is 0 Å². The Morgan fingerprint density at radius 3 is 2.76 bits per heavy atom. The fourth-order valence-electron chi connectivity index (χ4n) is 1.26. The molecule has 0 bridgehead atoms. The second kappa shape index (κ2) is 6.07. The summed E-state index contributed by atoms with van der Waals surface area (Å²) in [7, 11) is 0. The number of hydrogen-bond donors (Lipinski definition) is 4. The van der Waals surface area contributed by atoms with Crippen LogP contribution in [-0.2, 0) is 16.1 Å². The molecule has 5 N–H and O–H groups in total. The quantitative estimate of drug-likeness (QED) is 0.429. The van der Waals surface area contributed by atoms with E-state index in [1.165, 1.54) is 12.1 Å². The molecule has 1 atom stereocenters. The van der Waals surface area contributed by atoms with E-state index in [4.69, 9.17) is 15.7 Å². The molecule has 0 saturated carbocycles. The summed E-state index contributed by atoms with van der Waals surface area (Å²) in [5, 5.41) is 18.4. The first-order valence-electron chi connectivity index (χ1n) is 5.22. The maximum atomic E-state index is 11.4. The maximum absolute atomic E-state index is 11.4. The van der Waals surface area contributed by atoms with Crippen LogP contribution in [-0.4, -0.2) is 28.8 Å². The predicted octanol–water partition coefficient (Wildman–Crippen LogP) is 0.0353. The van der Waals surface area contributed by atoms with Crippen molar-refractivity contribution in [3.63, 3.8) is 0 Å². The minimum atomic E-state index is -0.773. The van der Waals surface area contributed by atoms with E-state index >= 15 is 0 Å². The monoisotopic (exact) mass is 240 g/mol. The van der Waals surface area contributed by atoms with Crippen molar-refractivity contribution < 1.29 is 19.8 Å². The maximum Gasteiger partial charge on any atom is 0.260 e. The van der Waals surface area contributed by atoms with Crippen LogP contribution in [0.3, 0.4) is 0 Å². The van der Waals surface area contributed by atoms with E-state index in [0.29, 0.717) is 12.2 Å². The first kappa shape index (κ1) is 13.3. The third kappa shape index (κ3) is 3.93. The van der Waals surface area contributed by atoms with Crippen LogP contribution in [0, 0.1) is 0 Å². The van der Waals surface area contributed by atoms with Gasteiger partial charge in [-0.15, -0.1) is 0 Å². The molecule has 17 heavy (non-hydrogen) atoms. The summed E-state index contributed by atoms with van der Waals surface area (Å²) in [4.78, 5) is 16.1. The van der Waals surface area contributed by atoms with Gasteiger partial charge in [0, 0.05) is 0 Å². The van der Waals surface area contributed by atoms with Gasteiger partial charge in [-0.2, -0.15) is 0 Å². The second-order valence-corrected chi connectivity index (χ2v) is 3.53. The molecule has 1 rings (SSSR count). The number of nitrogens with one attached hydrogen (secondary N) is 1. The number of hydrogen-bond acceptors (Lipinski definition) is 5. The Hall–Kier alpha value is -1.79. The highest BCUT2D eigenvalue weighted by Gasteiger charge is 2.14. The number of carbonyl (C=O) groups excluding carboxylic acids is 1. The van der Waals surface area contributed by atoms with Gasteiger partial charge in [0.15, 0.2) is 11.5 Å². The van der Waals surface area contributed by atoms with E-state index in [9.17, 15) is 9.90 Å². The van der Waals surface area contributed by atoms with Gasteiger partial charge in [0.2, 0.25) is 0 Å². The van der Waals surface area contributed by atoms with Gasteiger partial charge in [-0.3, -0.25) is 9.63 Å². The number of rotatable bonds is 5. The zero-order valence-corrected chi connectivity index (χ0v) is 9.51. The molecule has 0 aliphatic rings. The van der Waals surface area contributed by atoms with Crippen LogP contribution in [0.15, 0.2) is 18.2 Å². The number of phenolic OH excluding ortho intramolecular Hbond substituents is 2. The molecule has 0 aromatic heterocycles. The lowest BCUT2D eigenvalue weighted by Gasteiger charge is -2.11. The van der Waals surface area contributed by atoms with E-state index in [1.54, 1.807) is 13.0 Å². The Bertz CT molecular complexity index is 395. The summed E-state index contributed by atoms with van der Waals surface area (Å²) in [5.74, 6) is -0.875. The Morgan fingerprint density at radius 1 is 1.47 bits per heavy atom. The van der Waals surface area contributed by atoms with E-state index in [0.717, 1.165) is 0 Å². The van der Waals surface area contributed by atoms with E-state index in [2.05, 4.69) is 5.48 Å². The minimum absolute atomic E-state index is 0.207. The second-order valence-electron chi connectivity index (χ2n) is 3.53. The van der Waals surface area contributed by atoms with Crippen molar-refractivity contribution in [1.29, 1.82) is 0 Å². The van der Waals surface area contributed by atoms with Gasteiger partial charge in [-0.25, -0.2) is 5.48 Å². The smallest absolute Gasteiger partial charge is 0.260 e. The molecule has 0 unspecified atom stereocenters. The Labute approximate surface area is 99.0 Å². The minimum Gasteiger partial charge on any atom is -0.504 e. The normalized spacial score (nSPS) is 12.1. The molecular formula is C11H16N2O4. The molecular weight excluding hydrogens is 224 g/mol. The predicted molar refractivity (Wildman–Crippen MR) is 61.2 cm³/mol. The van der Waals surface area contributed by atoms with Gasteiger partial charge >= 0.3 is 0 Å².